The number of aromatic nitrogens is 2. The van der Waals surface area contributed by atoms with Gasteiger partial charge in [-0.3, -0.25) is 9.59 Å². The fourth-order valence-electron chi connectivity index (χ4n) is 3.81. The van der Waals surface area contributed by atoms with Gasteiger partial charge in [0.1, 0.15) is 17.8 Å². The summed E-state index contributed by atoms with van der Waals surface area (Å²) in [5.41, 5.74) is -0.277. The highest BCUT2D eigenvalue weighted by Crippen LogP contribution is 2.43. The molecule has 2 aliphatic heterocycles. The van der Waals surface area contributed by atoms with E-state index in [1.165, 1.54) is 12.4 Å². The summed E-state index contributed by atoms with van der Waals surface area (Å²) >= 11 is 0. The molecule has 9 heteroatoms. The van der Waals surface area contributed by atoms with Gasteiger partial charge in [-0.15, -0.1) is 0 Å². The fourth-order valence-corrected chi connectivity index (χ4v) is 3.81. The Morgan fingerprint density at radius 2 is 1.80 bits per heavy atom. The molecule has 0 saturated carbocycles. The van der Waals surface area contributed by atoms with Crippen LogP contribution in [0.15, 0.2) is 48.8 Å². The Bertz CT molecular complexity index is 908. The molecule has 4 rings (SSSR count). The zero-order valence-electron chi connectivity index (χ0n) is 16.8. The van der Waals surface area contributed by atoms with E-state index in [2.05, 4.69) is 20.6 Å². The normalized spacial score (nSPS) is 26.7. The first-order valence-electron chi connectivity index (χ1n) is 9.77. The zero-order chi connectivity index (χ0) is 21.2. The maximum atomic E-state index is 12.5. The van der Waals surface area contributed by atoms with Crippen molar-refractivity contribution in [3.8, 4) is 0 Å². The van der Waals surface area contributed by atoms with E-state index < -0.39 is 29.5 Å². The molecule has 2 N–H and O–H groups in total. The van der Waals surface area contributed by atoms with Crippen molar-refractivity contribution in [1.82, 2.24) is 20.6 Å². The summed E-state index contributed by atoms with van der Waals surface area (Å²) in [4.78, 5) is 32.6. The first kappa shape index (κ1) is 20.4. The molecule has 0 unspecified atom stereocenters. The van der Waals surface area contributed by atoms with E-state index in [0.29, 0.717) is 5.56 Å². The van der Waals surface area contributed by atoms with Crippen molar-refractivity contribution < 1.29 is 23.8 Å². The summed E-state index contributed by atoms with van der Waals surface area (Å²) in [6.45, 7) is 4.30. The molecule has 3 heterocycles. The minimum Gasteiger partial charge on any atom is -0.370 e. The predicted molar refractivity (Wildman–Crippen MR) is 106 cm³/mol. The van der Waals surface area contributed by atoms with Gasteiger partial charge < -0.3 is 24.8 Å². The van der Waals surface area contributed by atoms with Crippen LogP contribution in [0.1, 0.15) is 34.8 Å². The summed E-state index contributed by atoms with van der Waals surface area (Å²) in [7, 11) is 0. The van der Waals surface area contributed by atoms with Crippen molar-refractivity contribution in [3.05, 3.63) is 60.2 Å². The van der Waals surface area contributed by atoms with Crippen LogP contribution >= 0.6 is 0 Å². The van der Waals surface area contributed by atoms with Gasteiger partial charge in [-0.05, 0) is 32.0 Å². The molecule has 9 nitrogen and oxygen atoms in total. The van der Waals surface area contributed by atoms with Crippen LogP contribution in [0, 0.1) is 0 Å². The number of carbonyl (C=O) groups is 2. The van der Waals surface area contributed by atoms with Crippen LogP contribution in [-0.4, -0.2) is 65.1 Å². The Kier molecular flexibility index (Phi) is 5.50. The molecule has 2 aromatic rings. The SMILES string of the molecule is CC1(C)O[C@@H]2[C@@H](CNC(=O)c3ncccn3)OC[C@]2(CNC(=O)c2ccccc2)O1. The number of benzene rings is 1. The van der Waals surface area contributed by atoms with Crippen LogP contribution < -0.4 is 10.6 Å². The molecule has 1 aromatic carbocycles. The van der Waals surface area contributed by atoms with E-state index in [0.717, 1.165) is 0 Å². The monoisotopic (exact) mass is 412 g/mol. The second-order valence-corrected chi connectivity index (χ2v) is 7.79. The molecule has 0 radical (unpaired) electrons. The summed E-state index contributed by atoms with van der Waals surface area (Å²) < 4.78 is 18.1. The average Bonchev–Trinajstić information content (AvgIpc) is 3.21. The Morgan fingerprint density at radius 3 is 2.53 bits per heavy atom. The molecule has 2 saturated heterocycles. The number of hydrogen-bond donors (Lipinski definition) is 2. The summed E-state index contributed by atoms with van der Waals surface area (Å²) in [6.07, 6.45) is 2.11. The largest absolute Gasteiger partial charge is 0.370 e. The molecular weight excluding hydrogens is 388 g/mol. The predicted octanol–water partition coefficient (Wildman–Crippen LogP) is 0.925. The third-order valence-corrected chi connectivity index (χ3v) is 5.07. The van der Waals surface area contributed by atoms with Crippen molar-refractivity contribution in [2.45, 2.75) is 37.4 Å². The van der Waals surface area contributed by atoms with Crippen LogP contribution in [0.5, 0.6) is 0 Å². The number of rotatable bonds is 6. The molecule has 158 valence electrons. The van der Waals surface area contributed by atoms with Gasteiger partial charge in [0.05, 0.1) is 13.2 Å². The third-order valence-electron chi connectivity index (χ3n) is 5.07. The number of carbonyl (C=O) groups excluding carboxylic acids is 2. The summed E-state index contributed by atoms with van der Waals surface area (Å²) in [5, 5.41) is 5.70. The van der Waals surface area contributed by atoms with Gasteiger partial charge in [0.25, 0.3) is 11.8 Å². The van der Waals surface area contributed by atoms with Gasteiger partial charge in [-0.1, -0.05) is 18.2 Å². The van der Waals surface area contributed by atoms with Crippen molar-refractivity contribution in [2.75, 3.05) is 19.7 Å². The molecule has 30 heavy (non-hydrogen) atoms. The van der Waals surface area contributed by atoms with Crippen molar-refractivity contribution in [1.29, 1.82) is 0 Å². The lowest BCUT2D eigenvalue weighted by molar-refractivity contribution is -0.188. The number of nitrogens with zero attached hydrogens (tertiary/aromatic N) is 2. The minimum absolute atomic E-state index is 0.0841. The van der Waals surface area contributed by atoms with Gasteiger partial charge in [0, 0.05) is 24.5 Å². The van der Waals surface area contributed by atoms with E-state index in [4.69, 9.17) is 14.2 Å². The molecule has 3 atom stereocenters. The molecule has 2 amide bonds. The molecule has 1 aromatic heterocycles. The lowest BCUT2D eigenvalue weighted by Gasteiger charge is -2.27. The quantitative estimate of drug-likeness (QED) is 0.726. The Hall–Kier alpha value is -2.88. The van der Waals surface area contributed by atoms with E-state index >= 15 is 0 Å². The lowest BCUT2D eigenvalue weighted by Crippen LogP contribution is -2.52. The van der Waals surface area contributed by atoms with Gasteiger partial charge in [0.15, 0.2) is 5.79 Å². The number of amides is 2. The smallest absolute Gasteiger partial charge is 0.289 e. The molecule has 2 fully saturated rings. The van der Waals surface area contributed by atoms with Crippen LogP contribution in [0.25, 0.3) is 0 Å². The third kappa shape index (κ3) is 4.18. The second-order valence-electron chi connectivity index (χ2n) is 7.79. The average molecular weight is 412 g/mol. The standard InChI is InChI=1S/C21H24N4O5/c1-20(2)29-16-15(11-24-19(27)17-22-9-6-10-23-17)28-13-21(16,30-20)12-25-18(26)14-7-4-3-5-8-14/h3-10,15-16H,11-13H2,1-2H3,(H,24,27)(H,25,26)/t15-,16-,21+/m1/s1. The first-order valence-corrected chi connectivity index (χ1v) is 9.77. The van der Waals surface area contributed by atoms with Crippen LogP contribution in [0.2, 0.25) is 0 Å². The Balaban J connectivity index is 1.41. The van der Waals surface area contributed by atoms with Crippen LogP contribution in [-0.2, 0) is 14.2 Å². The van der Waals surface area contributed by atoms with Gasteiger partial charge in [-0.25, -0.2) is 9.97 Å². The van der Waals surface area contributed by atoms with Crippen LogP contribution in [0.3, 0.4) is 0 Å². The first-order chi connectivity index (χ1) is 14.4. The minimum atomic E-state index is -0.841. The lowest BCUT2D eigenvalue weighted by atomic mass is 9.96. The van der Waals surface area contributed by atoms with E-state index in [-0.39, 0.29) is 31.4 Å². The molecule has 0 bridgehead atoms. The molecule has 0 aliphatic carbocycles. The zero-order valence-corrected chi connectivity index (χ0v) is 16.8. The highest BCUT2D eigenvalue weighted by atomic mass is 16.8. The van der Waals surface area contributed by atoms with E-state index in [9.17, 15) is 9.59 Å². The second kappa shape index (κ2) is 8.10. The maximum absolute atomic E-state index is 12.5. The number of nitrogens with one attached hydrogen (secondary N) is 2. The highest BCUT2D eigenvalue weighted by molar-refractivity contribution is 5.94. The van der Waals surface area contributed by atoms with Crippen molar-refractivity contribution >= 4 is 11.8 Å². The van der Waals surface area contributed by atoms with Gasteiger partial charge in [0.2, 0.25) is 5.82 Å². The maximum Gasteiger partial charge on any atom is 0.289 e. The number of fused-ring (bicyclic) bond motifs is 1. The van der Waals surface area contributed by atoms with Gasteiger partial charge >= 0.3 is 0 Å². The fraction of sp³-hybridized carbons (Fsp3) is 0.429. The molecular formula is C21H24N4O5. The van der Waals surface area contributed by atoms with Crippen LogP contribution in [0.4, 0.5) is 0 Å². The summed E-state index contributed by atoms with van der Waals surface area (Å²) in [5.74, 6) is -1.35. The Labute approximate surface area is 174 Å². The number of ether oxygens (including phenoxy) is 3. The Morgan fingerprint density at radius 1 is 1.07 bits per heavy atom. The topological polar surface area (TPSA) is 112 Å². The van der Waals surface area contributed by atoms with Crippen molar-refractivity contribution in [2.24, 2.45) is 0 Å². The van der Waals surface area contributed by atoms with Gasteiger partial charge in [-0.2, -0.15) is 0 Å². The number of hydrogen-bond acceptors (Lipinski definition) is 7. The highest BCUT2D eigenvalue weighted by Gasteiger charge is 2.61. The van der Waals surface area contributed by atoms with Crippen molar-refractivity contribution in [3.63, 3.8) is 0 Å². The molecule has 2 aliphatic rings. The molecule has 0 spiro atoms. The van der Waals surface area contributed by atoms with E-state index in [1.807, 2.05) is 32.0 Å². The van der Waals surface area contributed by atoms with E-state index in [1.54, 1.807) is 18.2 Å². The summed E-state index contributed by atoms with van der Waals surface area (Å²) in [6, 6.07) is 10.6.